The molecule has 0 amide bonds. The van der Waals surface area contributed by atoms with Crippen molar-refractivity contribution in [1.29, 1.82) is 0 Å². The molecular weight excluding hydrogens is 288 g/mol. The molecule has 0 radical (unpaired) electrons. The Balaban J connectivity index is 2.40. The Labute approximate surface area is 116 Å². The Kier molecular flexibility index (Phi) is 3.63. The zero-order chi connectivity index (χ0) is 14.4. The van der Waals surface area contributed by atoms with Crippen molar-refractivity contribution in [3.63, 3.8) is 0 Å². The van der Waals surface area contributed by atoms with Gasteiger partial charge in [-0.05, 0) is 27.7 Å². The minimum Gasteiger partial charge on any atom is -0.370 e. The second-order valence-corrected chi connectivity index (χ2v) is 8.53. The Morgan fingerprint density at radius 1 is 1.47 bits per heavy atom. The minimum atomic E-state index is -3.64. The van der Waals surface area contributed by atoms with Gasteiger partial charge in [-0.1, -0.05) is 11.3 Å². The maximum Gasteiger partial charge on any atom is 0.305 e. The summed E-state index contributed by atoms with van der Waals surface area (Å²) in [6, 6.07) is 0. The Hall–Kier alpha value is -0.700. The summed E-state index contributed by atoms with van der Waals surface area (Å²) in [7, 11) is -3.64. The third-order valence-corrected chi connectivity index (χ3v) is 6.29. The topological polar surface area (TPSA) is 79.5 Å². The SMILES string of the molecule is Cc1[nH]c(=O)sc1S(=O)(=O)N1CC(C)OC(C)(C)C1. The van der Waals surface area contributed by atoms with Crippen molar-refractivity contribution in [2.45, 2.75) is 43.6 Å². The smallest absolute Gasteiger partial charge is 0.305 e. The van der Waals surface area contributed by atoms with Gasteiger partial charge in [0.25, 0.3) is 10.0 Å². The fraction of sp³-hybridized carbons (Fsp3) is 0.727. The number of aromatic amines is 1. The molecule has 19 heavy (non-hydrogen) atoms. The average Bonchev–Trinajstić information content (AvgIpc) is 2.55. The highest BCUT2D eigenvalue weighted by Crippen LogP contribution is 2.28. The molecule has 1 aromatic heterocycles. The molecule has 0 aliphatic carbocycles. The van der Waals surface area contributed by atoms with E-state index in [1.54, 1.807) is 6.92 Å². The number of rotatable bonds is 2. The summed E-state index contributed by atoms with van der Waals surface area (Å²) in [5.74, 6) is 0. The first-order valence-electron chi connectivity index (χ1n) is 5.99. The second-order valence-electron chi connectivity index (χ2n) is 5.41. The highest BCUT2D eigenvalue weighted by atomic mass is 32.2. The van der Waals surface area contributed by atoms with Gasteiger partial charge in [0.15, 0.2) is 4.21 Å². The molecule has 1 fully saturated rings. The quantitative estimate of drug-likeness (QED) is 0.881. The number of nitrogens with zero attached hydrogens (tertiary/aromatic N) is 1. The zero-order valence-electron chi connectivity index (χ0n) is 11.4. The van der Waals surface area contributed by atoms with Crippen LogP contribution in [0.4, 0.5) is 0 Å². The number of nitrogens with one attached hydrogen (secondary N) is 1. The Morgan fingerprint density at radius 3 is 2.58 bits per heavy atom. The highest BCUT2D eigenvalue weighted by Gasteiger charge is 2.39. The van der Waals surface area contributed by atoms with E-state index in [2.05, 4.69) is 4.98 Å². The number of sulfonamides is 1. The van der Waals surface area contributed by atoms with E-state index >= 15 is 0 Å². The molecule has 0 spiro atoms. The predicted octanol–water partition coefficient (Wildman–Crippen LogP) is 0.933. The summed E-state index contributed by atoms with van der Waals surface area (Å²) >= 11 is 0.735. The predicted molar refractivity (Wildman–Crippen MR) is 73.1 cm³/mol. The van der Waals surface area contributed by atoms with Crippen LogP contribution in [0.2, 0.25) is 0 Å². The fourth-order valence-electron chi connectivity index (χ4n) is 2.33. The monoisotopic (exact) mass is 306 g/mol. The summed E-state index contributed by atoms with van der Waals surface area (Å²) in [4.78, 5) is 13.4. The molecule has 1 saturated heterocycles. The van der Waals surface area contributed by atoms with Crippen LogP contribution in [0, 0.1) is 6.92 Å². The van der Waals surface area contributed by atoms with Crippen LogP contribution in [-0.2, 0) is 14.8 Å². The van der Waals surface area contributed by atoms with Gasteiger partial charge in [0.05, 0.1) is 11.7 Å². The van der Waals surface area contributed by atoms with Gasteiger partial charge in [0, 0.05) is 18.8 Å². The van der Waals surface area contributed by atoms with Gasteiger partial charge >= 0.3 is 4.87 Å². The molecule has 8 heteroatoms. The van der Waals surface area contributed by atoms with E-state index in [0.29, 0.717) is 12.2 Å². The van der Waals surface area contributed by atoms with Gasteiger partial charge in [-0.3, -0.25) is 4.79 Å². The Morgan fingerprint density at radius 2 is 2.11 bits per heavy atom. The molecule has 0 saturated carbocycles. The molecule has 2 heterocycles. The van der Waals surface area contributed by atoms with Crippen molar-refractivity contribution in [2.75, 3.05) is 13.1 Å². The van der Waals surface area contributed by atoms with Gasteiger partial charge in [0.2, 0.25) is 0 Å². The number of H-pyrrole nitrogens is 1. The highest BCUT2D eigenvalue weighted by molar-refractivity contribution is 7.91. The number of aromatic nitrogens is 1. The molecule has 0 bridgehead atoms. The standard InChI is InChI=1S/C11H18N2O4S2/c1-7-5-13(6-11(3,4)17-7)19(15,16)9-8(2)12-10(14)18-9/h7H,5-6H2,1-4H3,(H,12,14). The molecule has 1 aromatic rings. The van der Waals surface area contributed by atoms with Crippen molar-refractivity contribution < 1.29 is 13.2 Å². The van der Waals surface area contributed by atoms with E-state index in [1.165, 1.54) is 4.31 Å². The van der Waals surface area contributed by atoms with Gasteiger partial charge in [0.1, 0.15) is 0 Å². The fourth-order valence-corrected chi connectivity index (χ4v) is 5.43. The molecule has 1 atom stereocenters. The van der Waals surface area contributed by atoms with Crippen LogP contribution in [0.15, 0.2) is 9.00 Å². The second kappa shape index (κ2) is 4.69. The van der Waals surface area contributed by atoms with Crippen molar-refractivity contribution in [1.82, 2.24) is 9.29 Å². The maximum atomic E-state index is 12.6. The van der Waals surface area contributed by atoms with Crippen LogP contribution in [0.3, 0.4) is 0 Å². The molecule has 1 aliphatic heterocycles. The summed E-state index contributed by atoms with van der Waals surface area (Å²) < 4.78 is 32.3. The summed E-state index contributed by atoms with van der Waals surface area (Å²) in [6.45, 7) is 7.74. The third kappa shape index (κ3) is 2.91. The summed E-state index contributed by atoms with van der Waals surface area (Å²) in [6.07, 6.45) is -0.172. The Bertz CT molecular complexity index is 629. The lowest BCUT2D eigenvalue weighted by Crippen LogP contribution is -2.53. The van der Waals surface area contributed by atoms with E-state index in [0.717, 1.165) is 11.3 Å². The number of aryl methyl sites for hydroxylation is 1. The lowest BCUT2D eigenvalue weighted by molar-refractivity contribution is -0.109. The lowest BCUT2D eigenvalue weighted by atomic mass is 10.1. The van der Waals surface area contributed by atoms with E-state index in [4.69, 9.17) is 4.74 Å². The largest absolute Gasteiger partial charge is 0.370 e. The van der Waals surface area contributed by atoms with Crippen LogP contribution in [0.1, 0.15) is 26.5 Å². The van der Waals surface area contributed by atoms with Crippen LogP contribution in [-0.4, -0.2) is 42.5 Å². The number of ether oxygens (including phenoxy) is 1. The first-order chi connectivity index (χ1) is 8.62. The number of hydrogen-bond acceptors (Lipinski definition) is 5. The number of morpholine rings is 1. The molecule has 6 nitrogen and oxygen atoms in total. The van der Waals surface area contributed by atoms with E-state index < -0.39 is 15.6 Å². The number of thiazole rings is 1. The first kappa shape index (κ1) is 14.7. The average molecular weight is 306 g/mol. The van der Waals surface area contributed by atoms with E-state index in [1.807, 2.05) is 20.8 Å². The van der Waals surface area contributed by atoms with Crippen LogP contribution in [0.5, 0.6) is 0 Å². The minimum absolute atomic E-state index is 0.0994. The molecular formula is C11H18N2O4S2. The van der Waals surface area contributed by atoms with Crippen LogP contribution in [0.25, 0.3) is 0 Å². The third-order valence-electron chi connectivity index (χ3n) is 2.89. The maximum absolute atomic E-state index is 12.6. The molecule has 1 N–H and O–H groups in total. The number of hydrogen-bond donors (Lipinski definition) is 1. The van der Waals surface area contributed by atoms with E-state index in [9.17, 15) is 13.2 Å². The van der Waals surface area contributed by atoms with Crippen molar-refractivity contribution >= 4 is 21.4 Å². The molecule has 1 unspecified atom stereocenters. The normalized spacial score (nSPS) is 24.5. The molecule has 2 rings (SSSR count). The van der Waals surface area contributed by atoms with Gasteiger partial charge in [-0.15, -0.1) is 0 Å². The molecule has 0 aromatic carbocycles. The van der Waals surface area contributed by atoms with E-state index in [-0.39, 0.29) is 21.7 Å². The first-order valence-corrected chi connectivity index (χ1v) is 8.25. The molecule has 1 aliphatic rings. The van der Waals surface area contributed by atoms with Gasteiger partial charge < -0.3 is 9.72 Å². The summed E-state index contributed by atoms with van der Waals surface area (Å²) in [5, 5.41) is 0. The van der Waals surface area contributed by atoms with Crippen molar-refractivity contribution in [3.05, 3.63) is 15.4 Å². The van der Waals surface area contributed by atoms with Crippen molar-refractivity contribution in [2.24, 2.45) is 0 Å². The van der Waals surface area contributed by atoms with Crippen LogP contribution < -0.4 is 4.87 Å². The van der Waals surface area contributed by atoms with Crippen LogP contribution >= 0.6 is 11.3 Å². The zero-order valence-corrected chi connectivity index (χ0v) is 13.0. The lowest BCUT2D eigenvalue weighted by Gasteiger charge is -2.40. The van der Waals surface area contributed by atoms with Gasteiger partial charge in [-0.25, -0.2) is 8.42 Å². The van der Waals surface area contributed by atoms with Gasteiger partial charge in [-0.2, -0.15) is 4.31 Å². The molecule has 108 valence electrons. The summed E-state index contributed by atoms with van der Waals surface area (Å²) in [5.41, 5.74) is -0.133. The van der Waals surface area contributed by atoms with Crippen molar-refractivity contribution in [3.8, 4) is 0 Å².